The topological polar surface area (TPSA) is 69.6 Å². The van der Waals surface area contributed by atoms with Crippen LogP contribution in [0.2, 0.25) is 5.15 Å². The fourth-order valence-electron chi connectivity index (χ4n) is 2.31. The van der Waals surface area contributed by atoms with Gasteiger partial charge in [-0.1, -0.05) is 48.0 Å². The molecule has 0 bridgehead atoms. The Bertz CT molecular complexity index is 738. The molecule has 0 saturated carbocycles. The van der Waals surface area contributed by atoms with Gasteiger partial charge < -0.3 is 15.5 Å². The van der Waals surface area contributed by atoms with Gasteiger partial charge in [0.05, 0.1) is 0 Å². The largest absolute Gasteiger partial charge is 0.356 e. The van der Waals surface area contributed by atoms with Crippen LogP contribution in [0, 0.1) is 0 Å². The molecule has 0 aliphatic rings. The molecule has 1 heterocycles. The molecule has 0 aliphatic heterocycles. The van der Waals surface area contributed by atoms with Gasteiger partial charge in [0.25, 0.3) is 0 Å². The number of carbonyl (C=O) groups excluding carboxylic acids is 1. The van der Waals surface area contributed by atoms with Crippen LogP contribution in [0.1, 0.15) is 11.1 Å². The van der Waals surface area contributed by atoms with Gasteiger partial charge in [-0.15, -0.1) is 24.0 Å². The van der Waals surface area contributed by atoms with Crippen LogP contribution in [0.4, 0.5) is 0 Å². The zero-order chi connectivity index (χ0) is 19.5. The van der Waals surface area contributed by atoms with Crippen molar-refractivity contribution in [3.63, 3.8) is 0 Å². The van der Waals surface area contributed by atoms with E-state index in [1.807, 2.05) is 24.3 Å². The number of halogens is 2. The first-order valence-corrected chi connectivity index (χ1v) is 9.29. The molecule has 0 saturated heterocycles. The number of carbonyl (C=O) groups is 1. The third-order valence-corrected chi connectivity index (χ3v) is 4.14. The summed E-state index contributed by atoms with van der Waals surface area (Å²) in [5.74, 6) is 0.587. The maximum absolute atomic E-state index is 11.8. The second-order valence-electron chi connectivity index (χ2n) is 6.28. The maximum atomic E-state index is 11.8. The Morgan fingerprint density at radius 1 is 1.04 bits per heavy atom. The van der Waals surface area contributed by atoms with Gasteiger partial charge in [0, 0.05) is 33.4 Å². The Kier molecular flexibility index (Phi) is 11.5. The van der Waals surface area contributed by atoms with Crippen LogP contribution in [0.25, 0.3) is 0 Å². The fraction of sp³-hybridized carbons (Fsp3) is 0.350. The highest BCUT2D eigenvalue weighted by molar-refractivity contribution is 14.0. The minimum atomic E-state index is -0.0407. The third-order valence-electron chi connectivity index (χ3n) is 3.91. The molecule has 0 spiro atoms. The minimum Gasteiger partial charge on any atom is -0.356 e. The van der Waals surface area contributed by atoms with E-state index in [0.717, 1.165) is 24.9 Å². The van der Waals surface area contributed by atoms with Gasteiger partial charge in [-0.3, -0.25) is 4.79 Å². The van der Waals surface area contributed by atoms with Crippen molar-refractivity contribution in [2.45, 2.75) is 12.8 Å². The fourth-order valence-corrected chi connectivity index (χ4v) is 2.42. The number of pyridine rings is 1. The number of hydrogen-bond acceptors (Lipinski definition) is 3. The average molecular weight is 516 g/mol. The zero-order valence-corrected chi connectivity index (χ0v) is 19.3. The van der Waals surface area contributed by atoms with Crippen LogP contribution < -0.4 is 10.6 Å². The molecule has 152 valence electrons. The van der Waals surface area contributed by atoms with Crippen molar-refractivity contribution in [2.75, 3.05) is 33.7 Å². The molecule has 2 N–H and O–H groups in total. The molecule has 0 unspecified atom stereocenters. The summed E-state index contributed by atoms with van der Waals surface area (Å²) in [5.41, 5.74) is 2.33. The van der Waals surface area contributed by atoms with E-state index in [-0.39, 0.29) is 36.4 Å². The predicted octanol–water partition coefficient (Wildman–Crippen LogP) is 2.76. The van der Waals surface area contributed by atoms with Crippen molar-refractivity contribution >= 4 is 47.4 Å². The molecule has 2 rings (SSSR count). The standard InChI is InChI=1S/C20H26ClN5O.HI/c1-26(2)19(27)15-25-20(22-12-10-16-6-4-3-5-7-16)23-13-11-17-8-9-18(21)24-14-17;/h3-9,14H,10-13,15H2,1-2H3,(H2,22,23,25);1H. The van der Waals surface area contributed by atoms with Crippen molar-refractivity contribution in [1.29, 1.82) is 0 Å². The number of likely N-dealkylation sites (N-methyl/N-ethyl adjacent to an activating group) is 1. The maximum Gasteiger partial charge on any atom is 0.243 e. The van der Waals surface area contributed by atoms with Gasteiger partial charge in [0.2, 0.25) is 5.91 Å². The van der Waals surface area contributed by atoms with E-state index in [1.165, 1.54) is 10.5 Å². The Morgan fingerprint density at radius 2 is 1.68 bits per heavy atom. The molecule has 1 amide bonds. The van der Waals surface area contributed by atoms with E-state index in [0.29, 0.717) is 17.7 Å². The average Bonchev–Trinajstić information content (AvgIpc) is 2.67. The molecule has 0 radical (unpaired) electrons. The summed E-state index contributed by atoms with van der Waals surface area (Å²) >= 11 is 5.81. The number of nitrogens with one attached hydrogen (secondary N) is 2. The third kappa shape index (κ3) is 9.36. The molecule has 1 aromatic heterocycles. The highest BCUT2D eigenvalue weighted by Gasteiger charge is 2.05. The van der Waals surface area contributed by atoms with E-state index in [2.05, 4.69) is 32.7 Å². The van der Waals surface area contributed by atoms with E-state index in [1.54, 1.807) is 26.4 Å². The van der Waals surface area contributed by atoms with Gasteiger partial charge in [-0.05, 0) is 30.0 Å². The van der Waals surface area contributed by atoms with Gasteiger partial charge >= 0.3 is 0 Å². The van der Waals surface area contributed by atoms with E-state index in [4.69, 9.17) is 11.6 Å². The van der Waals surface area contributed by atoms with E-state index in [9.17, 15) is 4.79 Å². The van der Waals surface area contributed by atoms with Crippen LogP contribution >= 0.6 is 35.6 Å². The summed E-state index contributed by atoms with van der Waals surface area (Å²) in [6.07, 6.45) is 3.43. The summed E-state index contributed by atoms with van der Waals surface area (Å²) in [4.78, 5) is 21.8. The SMILES string of the molecule is CN(C)C(=O)CN=C(NCCc1ccccc1)NCCc1ccc(Cl)nc1.I. The van der Waals surface area contributed by atoms with Crippen LogP contribution in [0.5, 0.6) is 0 Å². The molecule has 8 heteroatoms. The number of benzene rings is 1. The quantitative estimate of drug-likeness (QED) is 0.246. The number of aliphatic imine (C=N–C) groups is 1. The van der Waals surface area contributed by atoms with Crippen LogP contribution in [-0.2, 0) is 17.6 Å². The zero-order valence-electron chi connectivity index (χ0n) is 16.2. The predicted molar refractivity (Wildman–Crippen MR) is 126 cm³/mol. The lowest BCUT2D eigenvalue weighted by atomic mass is 10.1. The van der Waals surface area contributed by atoms with E-state index < -0.39 is 0 Å². The first-order chi connectivity index (χ1) is 13.0. The highest BCUT2D eigenvalue weighted by Crippen LogP contribution is 2.05. The normalized spacial score (nSPS) is 10.8. The Labute approximate surface area is 188 Å². The molecule has 0 fully saturated rings. The van der Waals surface area contributed by atoms with Gasteiger partial charge in [0.1, 0.15) is 11.7 Å². The summed E-state index contributed by atoms with van der Waals surface area (Å²) < 4.78 is 0. The molecule has 6 nitrogen and oxygen atoms in total. The number of guanidine groups is 1. The molecule has 2 aromatic rings. The number of nitrogens with zero attached hydrogens (tertiary/aromatic N) is 3. The van der Waals surface area contributed by atoms with Crippen molar-refractivity contribution in [1.82, 2.24) is 20.5 Å². The number of amides is 1. The summed E-state index contributed by atoms with van der Waals surface area (Å²) in [6.45, 7) is 1.52. The molecule has 0 aliphatic carbocycles. The number of hydrogen-bond donors (Lipinski definition) is 2. The lowest BCUT2D eigenvalue weighted by molar-refractivity contribution is -0.127. The molecular formula is C20H27ClIN5O. The van der Waals surface area contributed by atoms with Crippen molar-refractivity contribution in [3.8, 4) is 0 Å². The Morgan fingerprint density at radius 3 is 2.25 bits per heavy atom. The van der Waals surface area contributed by atoms with Crippen LogP contribution in [-0.4, -0.2) is 55.5 Å². The van der Waals surface area contributed by atoms with Crippen molar-refractivity contribution < 1.29 is 4.79 Å². The first kappa shape index (κ1) is 24.2. The van der Waals surface area contributed by atoms with Crippen molar-refractivity contribution in [2.24, 2.45) is 4.99 Å². The number of aromatic nitrogens is 1. The van der Waals surface area contributed by atoms with Crippen LogP contribution in [0.15, 0.2) is 53.7 Å². The second kappa shape index (κ2) is 13.3. The smallest absolute Gasteiger partial charge is 0.243 e. The first-order valence-electron chi connectivity index (χ1n) is 8.91. The lowest BCUT2D eigenvalue weighted by Crippen LogP contribution is -2.40. The second-order valence-corrected chi connectivity index (χ2v) is 6.67. The lowest BCUT2D eigenvalue weighted by Gasteiger charge is -2.14. The van der Waals surface area contributed by atoms with Gasteiger partial charge in [-0.2, -0.15) is 0 Å². The minimum absolute atomic E-state index is 0. The Balaban J connectivity index is 0.00000392. The van der Waals surface area contributed by atoms with Crippen molar-refractivity contribution in [3.05, 3.63) is 64.9 Å². The molecule has 28 heavy (non-hydrogen) atoms. The molecule has 1 aromatic carbocycles. The molecule has 0 atom stereocenters. The van der Waals surface area contributed by atoms with Crippen LogP contribution in [0.3, 0.4) is 0 Å². The monoisotopic (exact) mass is 515 g/mol. The number of rotatable bonds is 8. The molecular weight excluding hydrogens is 489 g/mol. The summed E-state index contributed by atoms with van der Waals surface area (Å²) in [6, 6.07) is 14.0. The Hall–Kier alpha value is -1.87. The van der Waals surface area contributed by atoms with Gasteiger partial charge in [0.15, 0.2) is 5.96 Å². The summed E-state index contributed by atoms with van der Waals surface area (Å²) in [5, 5.41) is 7.05. The highest BCUT2D eigenvalue weighted by atomic mass is 127. The summed E-state index contributed by atoms with van der Waals surface area (Å²) in [7, 11) is 3.45. The van der Waals surface area contributed by atoms with E-state index >= 15 is 0 Å². The van der Waals surface area contributed by atoms with Gasteiger partial charge in [-0.25, -0.2) is 9.98 Å².